The van der Waals surface area contributed by atoms with Crippen molar-refractivity contribution < 1.29 is 19.1 Å². The van der Waals surface area contributed by atoms with Crippen LogP contribution in [0.1, 0.15) is 113 Å². The fourth-order valence-corrected chi connectivity index (χ4v) is 12.4. The van der Waals surface area contributed by atoms with Gasteiger partial charge < -0.3 is 10.1 Å². The van der Waals surface area contributed by atoms with Crippen LogP contribution in [0.25, 0.3) is 10.8 Å². The molecular formula is C42H55NO4. The lowest BCUT2D eigenvalue weighted by Gasteiger charge is -2.70. The molecule has 5 nitrogen and oxygen atoms in total. The number of fused-ring (bicyclic) bond motifs is 8. The van der Waals surface area contributed by atoms with Gasteiger partial charge in [0.2, 0.25) is 5.91 Å². The Morgan fingerprint density at radius 2 is 1.53 bits per heavy atom. The Kier molecular flexibility index (Phi) is 7.30. The Bertz CT molecular complexity index is 1680. The predicted octanol–water partition coefficient (Wildman–Crippen LogP) is 9.69. The molecule has 4 saturated carbocycles. The van der Waals surface area contributed by atoms with Gasteiger partial charge in [-0.3, -0.25) is 14.4 Å². The van der Waals surface area contributed by atoms with Crippen LogP contribution in [0.15, 0.2) is 54.1 Å². The highest BCUT2D eigenvalue weighted by atomic mass is 16.5. The molecule has 7 rings (SSSR count). The molecule has 5 heteroatoms. The minimum Gasteiger partial charge on any atom is -0.462 e. The molecule has 0 spiro atoms. The van der Waals surface area contributed by atoms with Crippen molar-refractivity contribution >= 4 is 34.1 Å². The Morgan fingerprint density at radius 3 is 2.28 bits per heavy atom. The Balaban J connectivity index is 1.22. The molecule has 252 valence electrons. The van der Waals surface area contributed by atoms with Crippen LogP contribution in [-0.4, -0.2) is 23.8 Å². The standard InChI is InChI=1S/C42H55NO4/c1-26(44)47-34-17-18-40(6)33(37(34,2)3)16-19-42(8)35(40)32(45)24-29-30-25-39(5,21-20-38(30,4)22-23-41(29,42)7)36(46)43-31-15-11-13-27-12-9-10-14-28(27)31/h9-15,24,30,33-35H,16-23,25H2,1-8H3,(H,43,46). The number of allylic oxidation sites excluding steroid dienone is 2. The highest BCUT2D eigenvalue weighted by Crippen LogP contribution is 2.75. The molecule has 5 aliphatic rings. The molecule has 4 fully saturated rings. The maximum absolute atomic E-state index is 14.8. The fourth-order valence-electron chi connectivity index (χ4n) is 12.4. The minimum absolute atomic E-state index is 0.0611. The lowest BCUT2D eigenvalue weighted by atomic mass is 9.33. The second-order valence-electron chi connectivity index (χ2n) is 18.2. The molecule has 2 aromatic carbocycles. The van der Waals surface area contributed by atoms with E-state index in [2.05, 4.69) is 78.1 Å². The summed E-state index contributed by atoms with van der Waals surface area (Å²) in [4.78, 5) is 41.0. The lowest BCUT2D eigenvalue weighted by molar-refractivity contribution is -0.210. The molecule has 1 amide bonds. The van der Waals surface area contributed by atoms with Crippen LogP contribution in [0.5, 0.6) is 0 Å². The number of nitrogens with one attached hydrogen (secondary N) is 1. The van der Waals surface area contributed by atoms with Crippen molar-refractivity contribution in [3.63, 3.8) is 0 Å². The number of hydrogen-bond acceptors (Lipinski definition) is 4. The summed E-state index contributed by atoms with van der Waals surface area (Å²) < 4.78 is 5.89. The average molecular weight is 638 g/mol. The molecule has 0 saturated heterocycles. The Morgan fingerprint density at radius 1 is 0.830 bits per heavy atom. The minimum atomic E-state index is -0.524. The van der Waals surface area contributed by atoms with E-state index in [0.717, 1.165) is 74.2 Å². The summed E-state index contributed by atoms with van der Waals surface area (Å²) in [6, 6.07) is 14.3. The number of hydrogen-bond donors (Lipinski definition) is 1. The molecule has 2 aromatic rings. The van der Waals surface area contributed by atoms with Gasteiger partial charge in [-0.05, 0) is 109 Å². The molecule has 0 heterocycles. The first-order chi connectivity index (χ1) is 22.0. The Hall–Kier alpha value is -2.95. The normalized spacial score (nSPS) is 42.2. The zero-order valence-corrected chi connectivity index (χ0v) is 29.9. The lowest BCUT2D eigenvalue weighted by Crippen LogP contribution is -2.66. The summed E-state index contributed by atoms with van der Waals surface area (Å²) >= 11 is 0. The van der Waals surface area contributed by atoms with Gasteiger partial charge in [-0.2, -0.15) is 0 Å². The van der Waals surface area contributed by atoms with E-state index in [1.807, 2.05) is 24.3 Å². The first-order valence-electron chi connectivity index (χ1n) is 18.2. The largest absolute Gasteiger partial charge is 0.462 e. The van der Waals surface area contributed by atoms with E-state index in [4.69, 9.17) is 4.74 Å². The van der Waals surface area contributed by atoms with E-state index in [9.17, 15) is 14.4 Å². The summed E-state index contributed by atoms with van der Waals surface area (Å²) in [6.45, 7) is 17.9. The third kappa shape index (κ3) is 4.57. The number of esters is 1. The van der Waals surface area contributed by atoms with Crippen molar-refractivity contribution in [1.82, 2.24) is 0 Å². The molecule has 9 atom stereocenters. The Labute approximate surface area is 281 Å². The van der Waals surface area contributed by atoms with Crippen LogP contribution in [-0.2, 0) is 19.1 Å². The van der Waals surface area contributed by atoms with Gasteiger partial charge in [0.15, 0.2) is 5.78 Å². The average Bonchev–Trinajstić information content (AvgIpc) is 3.00. The molecule has 9 unspecified atom stereocenters. The topological polar surface area (TPSA) is 72.5 Å². The number of amides is 1. The van der Waals surface area contributed by atoms with Crippen molar-refractivity contribution in [3.8, 4) is 0 Å². The second-order valence-corrected chi connectivity index (χ2v) is 18.2. The van der Waals surface area contributed by atoms with Crippen LogP contribution >= 0.6 is 0 Å². The zero-order chi connectivity index (χ0) is 33.8. The predicted molar refractivity (Wildman–Crippen MR) is 188 cm³/mol. The molecule has 0 aromatic heterocycles. The molecule has 5 aliphatic carbocycles. The molecule has 0 bridgehead atoms. The van der Waals surface area contributed by atoms with E-state index in [0.29, 0.717) is 11.7 Å². The van der Waals surface area contributed by atoms with Gasteiger partial charge in [0.1, 0.15) is 6.10 Å². The zero-order valence-electron chi connectivity index (χ0n) is 29.9. The van der Waals surface area contributed by atoms with Crippen LogP contribution in [0, 0.1) is 50.2 Å². The molecule has 1 N–H and O–H groups in total. The fraction of sp³-hybridized carbons (Fsp3) is 0.643. The van der Waals surface area contributed by atoms with E-state index in [1.165, 1.54) is 12.5 Å². The van der Waals surface area contributed by atoms with Gasteiger partial charge >= 0.3 is 5.97 Å². The first-order valence-corrected chi connectivity index (χ1v) is 18.2. The molecule has 0 radical (unpaired) electrons. The number of carbonyl (C=O) groups is 3. The van der Waals surface area contributed by atoms with Crippen molar-refractivity contribution in [1.29, 1.82) is 0 Å². The monoisotopic (exact) mass is 637 g/mol. The number of carbonyl (C=O) groups excluding carboxylic acids is 3. The summed E-state index contributed by atoms with van der Waals surface area (Å²) in [5.74, 6) is 0.617. The van der Waals surface area contributed by atoms with Gasteiger partial charge in [0.05, 0.1) is 0 Å². The highest BCUT2D eigenvalue weighted by Gasteiger charge is 2.70. The third-order valence-electron chi connectivity index (χ3n) is 15.4. The van der Waals surface area contributed by atoms with Crippen LogP contribution < -0.4 is 5.32 Å². The second kappa shape index (κ2) is 10.5. The van der Waals surface area contributed by atoms with E-state index >= 15 is 0 Å². The van der Waals surface area contributed by atoms with Crippen molar-refractivity contribution in [2.24, 2.45) is 50.2 Å². The SMILES string of the molecule is CC(=O)OC1CCC2(C)C(CCC3(C)C2C(=O)C=C2C4CC(C)(C(=O)Nc5cccc6ccccc56)CCC4(C)CCC23C)C1(C)C. The molecular weight excluding hydrogens is 582 g/mol. The number of rotatable bonds is 3. The highest BCUT2D eigenvalue weighted by molar-refractivity contribution is 6.04. The van der Waals surface area contributed by atoms with Gasteiger partial charge in [-0.1, -0.05) is 90.4 Å². The summed E-state index contributed by atoms with van der Waals surface area (Å²) in [5.41, 5.74) is 1.13. The van der Waals surface area contributed by atoms with E-state index in [-0.39, 0.29) is 56.9 Å². The third-order valence-corrected chi connectivity index (χ3v) is 15.4. The first kappa shape index (κ1) is 32.6. The maximum atomic E-state index is 14.8. The number of ketones is 1. The number of benzene rings is 2. The molecule has 47 heavy (non-hydrogen) atoms. The quantitative estimate of drug-likeness (QED) is 0.340. The van der Waals surface area contributed by atoms with E-state index in [1.54, 1.807) is 0 Å². The smallest absolute Gasteiger partial charge is 0.302 e. The van der Waals surface area contributed by atoms with Crippen molar-refractivity contribution in [2.45, 2.75) is 119 Å². The van der Waals surface area contributed by atoms with Crippen molar-refractivity contribution in [2.75, 3.05) is 5.32 Å². The summed E-state index contributed by atoms with van der Waals surface area (Å²) in [5, 5.41) is 5.53. The van der Waals surface area contributed by atoms with Crippen molar-refractivity contribution in [3.05, 3.63) is 54.1 Å². The number of anilines is 1. The summed E-state index contributed by atoms with van der Waals surface area (Å²) in [6.07, 6.45) is 10.6. The van der Waals surface area contributed by atoms with Crippen LogP contribution in [0.3, 0.4) is 0 Å². The van der Waals surface area contributed by atoms with Crippen LogP contribution in [0.2, 0.25) is 0 Å². The van der Waals surface area contributed by atoms with Crippen LogP contribution in [0.4, 0.5) is 5.69 Å². The van der Waals surface area contributed by atoms with Gasteiger partial charge in [0.25, 0.3) is 0 Å². The molecule has 0 aliphatic heterocycles. The maximum Gasteiger partial charge on any atom is 0.302 e. The van der Waals surface area contributed by atoms with Gasteiger partial charge in [-0.25, -0.2) is 0 Å². The van der Waals surface area contributed by atoms with Gasteiger partial charge in [0, 0.05) is 34.7 Å². The van der Waals surface area contributed by atoms with E-state index < -0.39 is 5.41 Å². The van der Waals surface area contributed by atoms with Gasteiger partial charge in [-0.15, -0.1) is 0 Å². The summed E-state index contributed by atoms with van der Waals surface area (Å²) in [7, 11) is 0. The number of ether oxygens (including phenoxy) is 1.